The summed E-state index contributed by atoms with van der Waals surface area (Å²) in [6.07, 6.45) is 1.02. The molecule has 0 saturated heterocycles. The molecule has 0 aliphatic heterocycles. The standard InChI is InChI=1S/C17H21NO/c1-13(11-12-18)14-7-9-15(10-8-14)16-5-3-4-6-17(16)19-2/h3-10,13H,11-12,18H2,1-2H3. The van der Waals surface area contributed by atoms with E-state index in [1.54, 1.807) is 7.11 Å². The van der Waals surface area contributed by atoms with Crippen molar-refractivity contribution < 1.29 is 4.74 Å². The van der Waals surface area contributed by atoms with Crippen LogP contribution in [-0.4, -0.2) is 13.7 Å². The van der Waals surface area contributed by atoms with Crippen LogP contribution in [0.15, 0.2) is 48.5 Å². The van der Waals surface area contributed by atoms with Crippen molar-refractivity contribution in [3.8, 4) is 16.9 Å². The molecule has 19 heavy (non-hydrogen) atoms. The first kappa shape index (κ1) is 13.6. The second kappa shape index (κ2) is 6.39. The highest BCUT2D eigenvalue weighted by Gasteiger charge is 2.07. The minimum atomic E-state index is 0.511. The van der Waals surface area contributed by atoms with Gasteiger partial charge >= 0.3 is 0 Å². The topological polar surface area (TPSA) is 35.2 Å². The number of ether oxygens (including phenoxy) is 1. The molecular weight excluding hydrogens is 234 g/mol. The molecule has 0 aliphatic rings. The lowest BCUT2D eigenvalue weighted by molar-refractivity contribution is 0.416. The molecule has 0 spiro atoms. The van der Waals surface area contributed by atoms with Gasteiger partial charge in [0.15, 0.2) is 0 Å². The Morgan fingerprint density at radius 2 is 1.74 bits per heavy atom. The lowest BCUT2D eigenvalue weighted by Gasteiger charge is -2.12. The zero-order valence-electron chi connectivity index (χ0n) is 11.6. The molecular formula is C17H21NO. The average molecular weight is 255 g/mol. The van der Waals surface area contributed by atoms with E-state index in [4.69, 9.17) is 10.5 Å². The summed E-state index contributed by atoms with van der Waals surface area (Å²) in [6, 6.07) is 16.8. The molecule has 0 amide bonds. The van der Waals surface area contributed by atoms with Crippen molar-refractivity contribution in [1.82, 2.24) is 0 Å². The minimum Gasteiger partial charge on any atom is -0.496 e. The fourth-order valence-corrected chi connectivity index (χ4v) is 2.29. The molecule has 0 aliphatic carbocycles. The Balaban J connectivity index is 2.27. The Labute approximate surface area is 115 Å². The van der Waals surface area contributed by atoms with Crippen LogP contribution in [-0.2, 0) is 0 Å². The lowest BCUT2D eigenvalue weighted by atomic mass is 9.95. The third-order valence-electron chi connectivity index (χ3n) is 3.50. The van der Waals surface area contributed by atoms with E-state index in [0.29, 0.717) is 5.92 Å². The molecule has 2 rings (SSSR count). The van der Waals surface area contributed by atoms with Crippen LogP contribution in [0.3, 0.4) is 0 Å². The van der Waals surface area contributed by atoms with Crippen molar-refractivity contribution in [2.24, 2.45) is 5.73 Å². The SMILES string of the molecule is COc1ccccc1-c1ccc(C(C)CCN)cc1. The summed E-state index contributed by atoms with van der Waals surface area (Å²) in [5.41, 5.74) is 9.26. The molecule has 2 N–H and O–H groups in total. The van der Waals surface area contributed by atoms with E-state index in [2.05, 4.69) is 37.3 Å². The quantitative estimate of drug-likeness (QED) is 0.881. The number of hydrogen-bond acceptors (Lipinski definition) is 2. The van der Waals surface area contributed by atoms with Crippen molar-refractivity contribution in [2.45, 2.75) is 19.3 Å². The van der Waals surface area contributed by atoms with E-state index in [1.165, 1.54) is 11.1 Å². The van der Waals surface area contributed by atoms with E-state index < -0.39 is 0 Å². The van der Waals surface area contributed by atoms with Crippen molar-refractivity contribution >= 4 is 0 Å². The molecule has 2 aromatic carbocycles. The molecule has 0 aromatic heterocycles. The molecule has 2 nitrogen and oxygen atoms in total. The van der Waals surface area contributed by atoms with Gasteiger partial charge in [0.05, 0.1) is 7.11 Å². The Kier molecular flexibility index (Phi) is 4.58. The third-order valence-corrected chi connectivity index (χ3v) is 3.50. The molecule has 0 fully saturated rings. The zero-order valence-corrected chi connectivity index (χ0v) is 11.6. The van der Waals surface area contributed by atoms with E-state index in [1.807, 2.05) is 18.2 Å². The van der Waals surface area contributed by atoms with E-state index in [9.17, 15) is 0 Å². The summed E-state index contributed by atoms with van der Waals surface area (Å²) < 4.78 is 5.40. The second-order valence-corrected chi connectivity index (χ2v) is 4.80. The first-order valence-electron chi connectivity index (χ1n) is 6.69. The third kappa shape index (κ3) is 3.15. The van der Waals surface area contributed by atoms with Gasteiger partial charge in [0.25, 0.3) is 0 Å². The molecule has 2 heteroatoms. The van der Waals surface area contributed by atoms with E-state index in [0.717, 1.165) is 24.3 Å². The zero-order chi connectivity index (χ0) is 13.7. The minimum absolute atomic E-state index is 0.511. The molecule has 0 bridgehead atoms. The summed E-state index contributed by atoms with van der Waals surface area (Å²) in [7, 11) is 1.70. The van der Waals surface area contributed by atoms with Crippen LogP contribution < -0.4 is 10.5 Å². The molecule has 100 valence electrons. The van der Waals surface area contributed by atoms with Crippen LogP contribution in [0.1, 0.15) is 24.8 Å². The number of nitrogens with two attached hydrogens (primary N) is 1. The highest BCUT2D eigenvalue weighted by molar-refractivity contribution is 5.70. The van der Waals surface area contributed by atoms with Crippen LogP contribution in [0.4, 0.5) is 0 Å². The largest absolute Gasteiger partial charge is 0.496 e. The first-order chi connectivity index (χ1) is 9.26. The predicted octanol–water partition coefficient (Wildman–Crippen LogP) is 3.81. The van der Waals surface area contributed by atoms with Crippen molar-refractivity contribution in [2.75, 3.05) is 13.7 Å². The van der Waals surface area contributed by atoms with Gasteiger partial charge in [-0.3, -0.25) is 0 Å². The van der Waals surface area contributed by atoms with Gasteiger partial charge in [-0.25, -0.2) is 0 Å². The normalized spacial score (nSPS) is 12.2. The van der Waals surface area contributed by atoms with Crippen molar-refractivity contribution in [3.05, 3.63) is 54.1 Å². The molecule has 1 atom stereocenters. The van der Waals surface area contributed by atoms with Gasteiger partial charge in [-0.15, -0.1) is 0 Å². The predicted molar refractivity (Wildman–Crippen MR) is 80.5 cm³/mol. The monoisotopic (exact) mass is 255 g/mol. The van der Waals surface area contributed by atoms with Crippen LogP contribution in [0.2, 0.25) is 0 Å². The number of rotatable bonds is 5. The molecule has 0 radical (unpaired) electrons. The number of methoxy groups -OCH3 is 1. The average Bonchev–Trinajstić information content (AvgIpc) is 2.47. The molecule has 2 aromatic rings. The fraction of sp³-hybridized carbons (Fsp3) is 0.294. The van der Waals surface area contributed by atoms with Gasteiger partial charge in [0.1, 0.15) is 5.75 Å². The van der Waals surface area contributed by atoms with Gasteiger partial charge in [-0.2, -0.15) is 0 Å². The summed E-state index contributed by atoms with van der Waals surface area (Å²) in [4.78, 5) is 0. The van der Waals surface area contributed by atoms with Gasteiger partial charge in [-0.05, 0) is 36.1 Å². The summed E-state index contributed by atoms with van der Waals surface area (Å²) >= 11 is 0. The van der Waals surface area contributed by atoms with Gasteiger partial charge in [0.2, 0.25) is 0 Å². The van der Waals surface area contributed by atoms with E-state index >= 15 is 0 Å². The maximum Gasteiger partial charge on any atom is 0.126 e. The maximum absolute atomic E-state index is 5.61. The fourth-order valence-electron chi connectivity index (χ4n) is 2.29. The van der Waals surface area contributed by atoms with Crippen molar-refractivity contribution in [1.29, 1.82) is 0 Å². The van der Waals surface area contributed by atoms with Crippen LogP contribution >= 0.6 is 0 Å². The Morgan fingerprint density at radius 3 is 2.37 bits per heavy atom. The van der Waals surface area contributed by atoms with Gasteiger partial charge < -0.3 is 10.5 Å². The molecule has 0 saturated carbocycles. The first-order valence-corrected chi connectivity index (χ1v) is 6.69. The summed E-state index contributed by atoms with van der Waals surface area (Å²) in [5.74, 6) is 1.42. The molecule has 0 heterocycles. The molecule has 1 unspecified atom stereocenters. The van der Waals surface area contributed by atoms with Gasteiger partial charge in [-0.1, -0.05) is 49.4 Å². The Morgan fingerprint density at radius 1 is 1.05 bits per heavy atom. The smallest absolute Gasteiger partial charge is 0.126 e. The summed E-state index contributed by atoms with van der Waals surface area (Å²) in [5, 5.41) is 0. The van der Waals surface area contributed by atoms with Gasteiger partial charge in [0, 0.05) is 5.56 Å². The lowest BCUT2D eigenvalue weighted by Crippen LogP contribution is -2.04. The van der Waals surface area contributed by atoms with Crippen LogP contribution in [0.25, 0.3) is 11.1 Å². The second-order valence-electron chi connectivity index (χ2n) is 4.80. The Hall–Kier alpha value is -1.80. The van der Waals surface area contributed by atoms with Crippen molar-refractivity contribution in [3.63, 3.8) is 0 Å². The number of hydrogen-bond donors (Lipinski definition) is 1. The highest BCUT2D eigenvalue weighted by Crippen LogP contribution is 2.30. The summed E-state index contributed by atoms with van der Waals surface area (Å²) in [6.45, 7) is 2.94. The van der Waals surface area contributed by atoms with E-state index in [-0.39, 0.29) is 0 Å². The van der Waals surface area contributed by atoms with Crippen LogP contribution in [0.5, 0.6) is 5.75 Å². The van der Waals surface area contributed by atoms with Crippen LogP contribution in [0, 0.1) is 0 Å². The maximum atomic E-state index is 5.61. The highest BCUT2D eigenvalue weighted by atomic mass is 16.5. The number of para-hydroxylation sites is 1. The number of benzene rings is 2. The Bertz CT molecular complexity index is 519.